The summed E-state index contributed by atoms with van der Waals surface area (Å²) in [5.74, 6) is -0.938. The van der Waals surface area contributed by atoms with E-state index in [0.717, 1.165) is 11.4 Å². The first-order valence-corrected chi connectivity index (χ1v) is 5.38. The second kappa shape index (κ2) is 5.75. The lowest BCUT2D eigenvalue weighted by molar-refractivity contribution is -0.146. The molecule has 17 heavy (non-hydrogen) atoms. The van der Waals surface area contributed by atoms with E-state index in [0.29, 0.717) is 6.54 Å². The summed E-state index contributed by atoms with van der Waals surface area (Å²) in [6.07, 6.45) is 0. The summed E-state index contributed by atoms with van der Waals surface area (Å²) in [6, 6.07) is 5.65. The number of nitrogens with one attached hydrogen (secondary N) is 1. The Bertz CT molecular complexity index is 395. The van der Waals surface area contributed by atoms with Gasteiger partial charge in [-0.15, -0.1) is 0 Å². The topological polar surface area (TPSA) is 71.5 Å². The highest BCUT2D eigenvalue weighted by Gasteiger charge is 2.32. The number of aromatic nitrogens is 1. The van der Waals surface area contributed by atoms with E-state index in [4.69, 9.17) is 9.84 Å². The first-order valence-electron chi connectivity index (χ1n) is 5.38. The molecule has 0 fully saturated rings. The predicted molar refractivity (Wildman–Crippen MR) is 63.7 cm³/mol. The Morgan fingerprint density at radius 3 is 2.82 bits per heavy atom. The van der Waals surface area contributed by atoms with Gasteiger partial charge in [0.2, 0.25) is 0 Å². The van der Waals surface area contributed by atoms with Crippen LogP contribution in [0.15, 0.2) is 18.2 Å². The lowest BCUT2D eigenvalue weighted by Gasteiger charge is -2.25. The number of hydrogen-bond acceptors (Lipinski definition) is 4. The lowest BCUT2D eigenvalue weighted by Crippen LogP contribution is -2.52. The van der Waals surface area contributed by atoms with Gasteiger partial charge in [-0.25, -0.2) is 0 Å². The third kappa shape index (κ3) is 3.80. The van der Waals surface area contributed by atoms with Crippen LogP contribution in [0.25, 0.3) is 0 Å². The molecule has 5 heteroatoms. The molecule has 2 N–H and O–H groups in total. The van der Waals surface area contributed by atoms with Crippen molar-refractivity contribution in [1.82, 2.24) is 10.3 Å². The van der Waals surface area contributed by atoms with Crippen LogP contribution in [-0.2, 0) is 16.1 Å². The van der Waals surface area contributed by atoms with E-state index < -0.39 is 11.5 Å². The summed E-state index contributed by atoms with van der Waals surface area (Å²) in [7, 11) is 1.48. The van der Waals surface area contributed by atoms with E-state index in [1.165, 1.54) is 7.11 Å². The average Bonchev–Trinajstić information content (AvgIpc) is 2.27. The van der Waals surface area contributed by atoms with Gasteiger partial charge in [0.05, 0.1) is 12.3 Å². The van der Waals surface area contributed by atoms with Crippen LogP contribution in [0, 0.1) is 6.92 Å². The first-order chi connectivity index (χ1) is 7.98. The molecule has 1 aromatic rings. The molecule has 0 saturated heterocycles. The van der Waals surface area contributed by atoms with Crippen molar-refractivity contribution in [3.05, 3.63) is 29.6 Å². The van der Waals surface area contributed by atoms with Crippen molar-refractivity contribution in [2.45, 2.75) is 25.9 Å². The Kier molecular flexibility index (Phi) is 4.60. The molecule has 0 radical (unpaired) electrons. The molecule has 1 heterocycles. The van der Waals surface area contributed by atoms with Gasteiger partial charge in [0.1, 0.15) is 5.54 Å². The average molecular weight is 238 g/mol. The summed E-state index contributed by atoms with van der Waals surface area (Å²) >= 11 is 0. The molecule has 5 nitrogen and oxygen atoms in total. The summed E-state index contributed by atoms with van der Waals surface area (Å²) < 4.78 is 4.92. The number of methoxy groups -OCH3 is 1. The molecular formula is C12H18N2O3. The SMILES string of the molecule is COCC(C)(NCc1cccc(C)n1)C(=O)O. The zero-order valence-electron chi connectivity index (χ0n) is 10.4. The molecule has 0 aliphatic rings. The van der Waals surface area contributed by atoms with Crippen molar-refractivity contribution < 1.29 is 14.6 Å². The van der Waals surface area contributed by atoms with Gasteiger partial charge in [-0.05, 0) is 26.0 Å². The lowest BCUT2D eigenvalue weighted by atomic mass is 10.0. The number of rotatable bonds is 6. The molecular weight excluding hydrogens is 220 g/mol. The minimum Gasteiger partial charge on any atom is -0.480 e. The van der Waals surface area contributed by atoms with Crippen LogP contribution in [-0.4, -0.2) is 35.3 Å². The number of carboxylic acids is 1. The number of nitrogens with zero attached hydrogens (tertiary/aromatic N) is 1. The maximum atomic E-state index is 11.1. The second-order valence-electron chi connectivity index (χ2n) is 4.19. The molecule has 94 valence electrons. The summed E-state index contributed by atoms with van der Waals surface area (Å²) in [5.41, 5.74) is 0.627. The molecule has 1 aromatic heterocycles. The van der Waals surface area contributed by atoms with Gasteiger partial charge in [-0.2, -0.15) is 0 Å². The van der Waals surface area contributed by atoms with Crippen molar-refractivity contribution in [3.8, 4) is 0 Å². The van der Waals surface area contributed by atoms with E-state index in [2.05, 4.69) is 10.3 Å². The number of aryl methyl sites for hydroxylation is 1. The fourth-order valence-electron chi connectivity index (χ4n) is 1.46. The van der Waals surface area contributed by atoms with E-state index in [9.17, 15) is 4.79 Å². The molecule has 0 saturated carbocycles. The van der Waals surface area contributed by atoms with Crippen LogP contribution >= 0.6 is 0 Å². The minimum absolute atomic E-state index is 0.105. The molecule has 1 unspecified atom stereocenters. The van der Waals surface area contributed by atoms with Gasteiger partial charge >= 0.3 is 5.97 Å². The summed E-state index contributed by atoms with van der Waals surface area (Å²) in [5, 5.41) is 12.1. The van der Waals surface area contributed by atoms with Crippen LogP contribution in [0.3, 0.4) is 0 Å². The van der Waals surface area contributed by atoms with Crippen molar-refractivity contribution in [3.63, 3.8) is 0 Å². The number of carbonyl (C=O) groups is 1. The van der Waals surface area contributed by atoms with Crippen molar-refractivity contribution in [2.75, 3.05) is 13.7 Å². The molecule has 1 rings (SSSR count). The van der Waals surface area contributed by atoms with Crippen molar-refractivity contribution in [1.29, 1.82) is 0 Å². The Morgan fingerprint density at radius 1 is 1.59 bits per heavy atom. The Balaban J connectivity index is 2.67. The zero-order valence-corrected chi connectivity index (χ0v) is 10.4. The smallest absolute Gasteiger partial charge is 0.326 e. The summed E-state index contributed by atoms with van der Waals surface area (Å²) in [6.45, 7) is 3.99. The molecule has 0 bridgehead atoms. The van der Waals surface area contributed by atoms with Gasteiger partial charge in [0.25, 0.3) is 0 Å². The first kappa shape index (κ1) is 13.6. The van der Waals surface area contributed by atoms with Crippen molar-refractivity contribution >= 4 is 5.97 Å². The quantitative estimate of drug-likeness (QED) is 0.772. The fraction of sp³-hybridized carbons (Fsp3) is 0.500. The van der Waals surface area contributed by atoms with Crippen LogP contribution in [0.1, 0.15) is 18.3 Å². The number of aliphatic carboxylic acids is 1. The number of ether oxygens (including phenoxy) is 1. The molecule has 0 aliphatic heterocycles. The monoisotopic (exact) mass is 238 g/mol. The zero-order chi connectivity index (χ0) is 12.9. The van der Waals surface area contributed by atoms with E-state index >= 15 is 0 Å². The molecule has 0 aliphatic carbocycles. The third-order valence-electron chi connectivity index (χ3n) is 2.51. The normalized spacial score (nSPS) is 14.3. The van der Waals surface area contributed by atoms with Gasteiger partial charge in [-0.1, -0.05) is 6.07 Å². The van der Waals surface area contributed by atoms with Crippen LogP contribution < -0.4 is 5.32 Å². The van der Waals surface area contributed by atoms with E-state index in [1.807, 2.05) is 25.1 Å². The predicted octanol–water partition coefficient (Wildman–Crippen LogP) is 0.969. The molecule has 1 atom stereocenters. The highest BCUT2D eigenvalue weighted by atomic mass is 16.5. The van der Waals surface area contributed by atoms with Gasteiger partial charge in [0.15, 0.2) is 0 Å². The number of pyridine rings is 1. The fourth-order valence-corrected chi connectivity index (χ4v) is 1.46. The Hall–Kier alpha value is -1.46. The number of carboxylic acid groups (broad SMARTS) is 1. The van der Waals surface area contributed by atoms with Gasteiger partial charge in [0, 0.05) is 19.3 Å². The molecule has 0 spiro atoms. The van der Waals surface area contributed by atoms with Gasteiger partial charge < -0.3 is 9.84 Å². The van der Waals surface area contributed by atoms with E-state index in [1.54, 1.807) is 6.92 Å². The van der Waals surface area contributed by atoms with Gasteiger partial charge in [-0.3, -0.25) is 15.1 Å². The highest BCUT2D eigenvalue weighted by molar-refractivity contribution is 5.78. The van der Waals surface area contributed by atoms with Crippen LogP contribution in [0.2, 0.25) is 0 Å². The maximum Gasteiger partial charge on any atom is 0.326 e. The van der Waals surface area contributed by atoms with Crippen LogP contribution in [0.5, 0.6) is 0 Å². The maximum absolute atomic E-state index is 11.1. The highest BCUT2D eigenvalue weighted by Crippen LogP contribution is 2.07. The number of hydrogen-bond donors (Lipinski definition) is 2. The Morgan fingerprint density at radius 2 is 2.29 bits per heavy atom. The molecule has 0 amide bonds. The molecule has 0 aromatic carbocycles. The Labute approximate surface area is 101 Å². The van der Waals surface area contributed by atoms with E-state index in [-0.39, 0.29) is 6.61 Å². The van der Waals surface area contributed by atoms with Crippen LogP contribution in [0.4, 0.5) is 0 Å². The standard InChI is InChI=1S/C12H18N2O3/c1-9-5-4-6-10(14-9)7-13-12(2,8-17-3)11(15)16/h4-6,13H,7-8H2,1-3H3,(H,15,16). The second-order valence-corrected chi connectivity index (χ2v) is 4.19. The largest absolute Gasteiger partial charge is 0.480 e. The summed E-state index contributed by atoms with van der Waals surface area (Å²) in [4.78, 5) is 15.4. The van der Waals surface area contributed by atoms with Crippen molar-refractivity contribution in [2.24, 2.45) is 0 Å². The minimum atomic E-state index is -1.10. The third-order valence-corrected chi connectivity index (χ3v) is 2.51.